The minimum absolute atomic E-state index is 0.00185. The molecule has 0 aliphatic carbocycles. The minimum atomic E-state index is -0.0393. The van der Waals surface area contributed by atoms with Crippen molar-refractivity contribution in [1.82, 2.24) is 9.78 Å². The Morgan fingerprint density at radius 2 is 2.20 bits per heavy atom. The highest BCUT2D eigenvalue weighted by Gasteiger charge is 2.07. The van der Waals surface area contributed by atoms with Gasteiger partial charge in [0, 0.05) is 12.1 Å². The second kappa shape index (κ2) is 3.38. The number of aromatic amines is 1. The summed E-state index contributed by atoms with van der Waals surface area (Å²) in [7, 11) is 0. The summed E-state index contributed by atoms with van der Waals surface area (Å²) in [6, 6.07) is 5.09. The number of hydrogen-bond donors (Lipinski definition) is 1. The third kappa shape index (κ3) is 1.48. The summed E-state index contributed by atoms with van der Waals surface area (Å²) in [5.74, 6) is 0.00185. The molecule has 1 aromatic carbocycles. The molecule has 0 atom stereocenters. The van der Waals surface area contributed by atoms with E-state index in [0.717, 1.165) is 5.52 Å². The minimum Gasteiger partial charge on any atom is -0.295 e. The molecule has 0 aliphatic rings. The van der Waals surface area contributed by atoms with Crippen LogP contribution < -0.4 is 5.56 Å². The van der Waals surface area contributed by atoms with Crippen LogP contribution in [0.5, 0.6) is 0 Å². The highest BCUT2D eigenvalue weighted by atomic mass is 16.1. The molecule has 2 aromatic rings. The molecule has 0 spiro atoms. The summed E-state index contributed by atoms with van der Waals surface area (Å²) in [6.45, 7) is 4.00. The Morgan fingerprint density at radius 3 is 2.80 bits per heavy atom. The number of ketones is 1. The fourth-order valence-corrected chi connectivity index (χ4v) is 1.61. The average Bonchev–Trinajstić information content (AvgIpc) is 2.55. The zero-order valence-corrected chi connectivity index (χ0v) is 8.70. The second-order valence-electron chi connectivity index (χ2n) is 3.48. The lowest BCUT2D eigenvalue weighted by Gasteiger charge is -1.94. The predicted octanol–water partition coefficient (Wildman–Crippen LogP) is 1.55. The van der Waals surface area contributed by atoms with Crippen LogP contribution >= 0.6 is 0 Å². The summed E-state index contributed by atoms with van der Waals surface area (Å²) >= 11 is 0. The molecule has 0 fully saturated rings. The quantitative estimate of drug-likeness (QED) is 0.754. The van der Waals surface area contributed by atoms with Crippen LogP contribution in [0.15, 0.2) is 23.0 Å². The normalized spacial score (nSPS) is 10.8. The van der Waals surface area contributed by atoms with Gasteiger partial charge in [-0.05, 0) is 26.0 Å². The number of benzene rings is 1. The summed E-state index contributed by atoms with van der Waals surface area (Å²) in [5.41, 5.74) is 1.30. The highest BCUT2D eigenvalue weighted by molar-refractivity contribution is 5.97. The van der Waals surface area contributed by atoms with Crippen molar-refractivity contribution < 1.29 is 4.79 Å². The number of nitrogens with one attached hydrogen (secondary N) is 1. The van der Waals surface area contributed by atoms with Crippen LogP contribution in [0, 0.1) is 0 Å². The summed E-state index contributed by atoms with van der Waals surface area (Å²) < 4.78 is 1.52. The van der Waals surface area contributed by atoms with Crippen molar-refractivity contribution in [3.05, 3.63) is 34.1 Å². The van der Waals surface area contributed by atoms with Crippen molar-refractivity contribution in [2.75, 3.05) is 0 Å². The number of carbonyl (C=O) groups is 1. The molecular formula is C11H12N2O2. The van der Waals surface area contributed by atoms with E-state index in [2.05, 4.69) is 5.10 Å². The fourth-order valence-electron chi connectivity index (χ4n) is 1.61. The van der Waals surface area contributed by atoms with Crippen LogP contribution in [-0.4, -0.2) is 15.6 Å². The van der Waals surface area contributed by atoms with Crippen LogP contribution in [0.2, 0.25) is 0 Å². The number of aryl methyl sites for hydroxylation is 1. The lowest BCUT2D eigenvalue weighted by atomic mass is 10.1. The molecule has 0 amide bonds. The van der Waals surface area contributed by atoms with Crippen molar-refractivity contribution in [2.24, 2.45) is 0 Å². The summed E-state index contributed by atoms with van der Waals surface area (Å²) in [4.78, 5) is 22.8. The van der Waals surface area contributed by atoms with Crippen LogP contribution in [0.25, 0.3) is 10.9 Å². The van der Waals surface area contributed by atoms with E-state index in [0.29, 0.717) is 17.5 Å². The Labute approximate surface area is 86.5 Å². The highest BCUT2D eigenvalue weighted by Crippen LogP contribution is 2.11. The molecule has 15 heavy (non-hydrogen) atoms. The Morgan fingerprint density at radius 1 is 1.47 bits per heavy atom. The molecule has 0 aliphatic heterocycles. The van der Waals surface area contributed by atoms with Crippen LogP contribution in [0.4, 0.5) is 0 Å². The van der Waals surface area contributed by atoms with Gasteiger partial charge in [0.15, 0.2) is 5.78 Å². The molecule has 0 saturated heterocycles. The van der Waals surface area contributed by atoms with E-state index in [1.54, 1.807) is 18.2 Å². The number of carbonyl (C=O) groups excluding carboxylic acids is 1. The number of H-pyrrole nitrogens is 1. The first-order valence-corrected chi connectivity index (χ1v) is 4.87. The van der Waals surface area contributed by atoms with E-state index < -0.39 is 0 Å². The van der Waals surface area contributed by atoms with Gasteiger partial charge in [-0.15, -0.1) is 0 Å². The topological polar surface area (TPSA) is 54.9 Å². The average molecular weight is 204 g/mol. The van der Waals surface area contributed by atoms with E-state index in [1.807, 2.05) is 6.92 Å². The zero-order valence-electron chi connectivity index (χ0n) is 8.70. The van der Waals surface area contributed by atoms with Crippen molar-refractivity contribution in [2.45, 2.75) is 20.4 Å². The van der Waals surface area contributed by atoms with Gasteiger partial charge in [-0.2, -0.15) is 0 Å². The van der Waals surface area contributed by atoms with E-state index in [1.165, 1.54) is 11.6 Å². The summed E-state index contributed by atoms with van der Waals surface area (Å²) in [5, 5.41) is 3.59. The molecule has 0 bridgehead atoms. The van der Waals surface area contributed by atoms with Crippen molar-refractivity contribution in [1.29, 1.82) is 0 Å². The van der Waals surface area contributed by atoms with Gasteiger partial charge in [-0.3, -0.25) is 19.4 Å². The number of aromatic nitrogens is 2. The third-order valence-corrected chi connectivity index (χ3v) is 2.47. The maximum atomic E-state index is 11.7. The van der Waals surface area contributed by atoms with Crippen molar-refractivity contribution >= 4 is 16.7 Å². The fraction of sp³-hybridized carbons (Fsp3) is 0.273. The monoisotopic (exact) mass is 204 g/mol. The molecule has 0 unspecified atom stereocenters. The first-order chi connectivity index (χ1) is 7.13. The molecule has 0 saturated carbocycles. The largest absolute Gasteiger partial charge is 0.295 e. The standard InChI is InChI=1S/C11H12N2O2/c1-3-13-11(15)9-5-4-8(7(2)14)6-10(9)12-13/h4-6,12H,3H2,1-2H3. The molecule has 1 heterocycles. The number of rotatable bonds is 2. The molecular weight excluding hydrogens is 192 g/mol. The van der Waals surface area contributed by atoms with Gasteiger partial charge >= 0.3 is 0 Å². The van der Waals surface area contributed by atoms with Crippen LogP contribution in [0.1, 0.15) is 24.2 Å². The van der Waals surface area contributed by atoms with E-state index in [-0.39, 0.29) is 11.3 Å². The first-order valence-electron chi connectivity index (χ1n) is 4.87. The lowest BCUT2D eigenvalue weighted by Crippen LogP contribution is -2.14. The Balaban J connectivity index is 2.73. The third-order valence-electron chi connectivity index (χ3n) is 2.47. The molecule has 78 valence electrons. The van der Waals surface area contributed by atoms with Crippen molar-refractivity contribution in [3.63, 3.8) is 0 Å². The Hall–Kier alpha value is -1.84. The predicted molar refractivity (Wildman–Crippen MR) is 58.2 cm³/mol. The number of nitrogens with zero attached hydrogens (tertiary/aromatic N) is 1. The van der Waals surface area contributed by atoms with E-state index in [4.69, 9.17) is 0 Å². The number of Topliss-reactive ketones (excluding diaryl/α,β-unsaturated/α-hetero) is 1. The molecule has 1 aromatic heterocycles. The second-order valence-corrected chi connectivity index (χ2v) is 3.48. The maximum Gasteiger partial charge on any atom is 0.274 e. The van der Waals surface area contributed by atoms with Crippen LogP contribution in [-0.2, 0) is 6.54 Å². The van der Waals surface area contributed by atoms with Gasteiger partial charge in [-0.1, -0.05) is 6.07 Å². The Bertz CT molecular complexity index is 578. The molecule has 0 radical (unpaired) electrons. The maximum absolute atomic E-state index is 11.7. The molecule has 2 rings (SSSR count). The van der Waals surface area contributed by atoms with Crippen molar-refractivity contribution in [3.8, 4) is 0 Å². The lowest BCUT2D eigenvalue weighted by molar-refractivity contribution is 0.101. The van der Waals surface area contributed by atoms with Gasteiger partial charge < -0.3 is 0 Å². The SMILES string of the molecule is CCn1[nH]c2cc(C(C)=O)ccc2c1=O. The zero-order chi connectivity index (χ0) is 11.0. The Kier molecular flexibility index (Phi) is 2.19. The molecule has 1 N–H and O–H groups in total. The van der Waals surface area contributed by atoms with Gasteiger partial charge in [-0.25, -0.2) is 0 Å². The first kappa shape index (κ1) is 9.71. The smallest absolute Gasteiger partial charge is 0.274 e. The van der Waals surface area contributed by atoms with Gasteiger partial charge in [0.2, 0.25) is 0 Å². The van der Waals surface area contributed by atoms with E-state index in [9.17, 15) is 9.59 Å². The summed E-state index contributed by atoms with van der Waals surface area (Å²) in [6.07, 6.45) is 0. The molecule has 4 nitrogen and oxygen atoms in total. The van der Waals surface area contributed by atoms with Gasteiger partial charge in [0.1, 0.15) is 0 Å². The van der Waals surface area contributed by atoms with Gasteiger partial charge in [0.25, 0.3) is 5.56 Å². The number of fused-ring (bicyclic) bond motifs is 1. The number of hydrogen-bond acceptors (Lipinski definition) is 2. The van der Waals surface area contributed by atoms with Crippen LogP contribution in [0.3, 0.4) is 0 Å². The van der Waals surface area contributed by atoms with E-state index >= 15 is 0 Å². The molecule has 4 heteroatoms. The van der Waals surface area contributed by atoms with Gasteiger partial charge in [0.05, 0.1) is 10.9 Å².